The molecule has 2 saturated carbocycles. The zero-order valence-corrected chi connectivity index (χ0v) is 14.8. The van der Waals surface area contributed by atoms with E-state index in [1.807, 2.05) is 0 Å². The van der Waals surface area contributed by atoms with E-state index in [1.165, 1.54) is 38.5 Å². The summed E-state index contributed by atoms with van der Waals surface area (Å²) in [7, 11) is 0. The molecule has 130 valence electrons. The van der Waals surface area contributed by atoms with Crippen molar-refractivity contribution in [3.8, 4) is 0 Å². The highest BCUT2D eigenvalue weighted by atomic mass is 19.3. The van der Waals surface area contributed by atoms with Crippen molar-refractivity contribution < 1.29 is 8.78 Å². The minimum Gasteiger partial charge on any atom is -0.207 e. The van der Waals surface area contributed by atoms with Gasteiger partial charge in [-0.05, 0) is 43.4 Å². The van der Waals surface area contributed by atoms with E-state index in [0.717, 1.165) is 44.4 Å². The normalized spacial score (nSPS) is 35.5. The molecule has 0 nitrogen and oxygen atoms in total. The van der Waals surface area contributed by atoms with Crippen LogP contribution in [0.5, 0.6) is 0 Å². The first-order chi connectivity index (χ1) is 10.6. The number of hydrogen-bond donors (Lipinski definition) is 0. The Morgan fingerprint density at radius 3 is 2.05 bits per heavy atom. The zero-order valence-electron chi connectivity index (χ0n) is 14.8. The maximum absolute atomic E-state index is 14.6. The van der Waals surface area contributed by atoms with E-state index in [2.05, 4.69) is 13.8 Å². The Morgan fingerprint density at radius 2 is 1.45 bits per heavy atom. The van der Waals surface area contributed by atoms with E-state index < -0.39 is 5.92 Å². The summed E-state index contributed by atoms with van der Waals surface area (Å²) in [6, 6.07) is 0. The predicted octanol–water partition coefficient (Wildman–Crippen LogP) is 7.22. The molecule has 2 heteroatoms. The topological polar surface area (TPSA) is 0 Å². The third-order valence-corrected chi connectivity index (χ3v) is 6.36. The number of unbranched alkanes of at least 4 members (excludes halogenated alkanes) is 2. The molecule has 0 heterocycles. The lowest BCUT2D eigenvalue weighted by molar-refractivity contribution is -0.128. The van der Waals surface area contributed by atoms with Crippen LogP contribution in [-0.2, 0) is 0 Å². The smallest absolute Gasteiger partial charge is 0.207 e. The van der Waals surface area contributed by atoms with Crippen LogP contribution < -0.4 is 0 Å². The monoisotopic (exact) mass is 314 g/mol. The first-order valence-electron chi connectivity index (χ1n) is 9.94. The van der Waals surface area contributed by atoms with Gasteiger partial charge in [-0.15, -0.1) is 0 Å². The van der Waals surface area contributed by atoms with Crippen molar-refractivity contribution in [3.05, 3.63) is 0 Å². The first kappa shape index (κ1) is 18.2. The SMILES string of the molecule is CCCCCC1CCC(C2CCC(CCC)CC2(F)F)CC1. The van der Waals surface area contributed by atoms with Crippen molar-refractivity contribution in [1.29, 1.82) is 0 Å². The zero-order chi connectivity index (χ0) is 16.0. The highest BCUT2D eigenvalue weighted by Gasteiger charge is 2.48. The highest BCUT2D eigenvalue weighted by Crippen LogP contribution is 2.50. The molecule has 2 atom stereocenters. The molecule has 2 unspecified atom stereocenters. The van der Waals surface area contributed by atoms with Crippen LogP contribution in [0.15, 0.2) is 0 Å². The Morgan fingerprint density at radius 1 is 0.773 bits per heavy atom. The van der Waals surface area contributed by atoms with Gasteiger partial charge in [-0.3, -0.25) is 0 Å². The molecular weight excluding hydrogens is 278 g/mol. The molecule has 2 aliphatic rings. The molecule has 0 spiro atoms. The van der Waals surface area contributed by atoms with Crippen molar-refractivity contribution in [2.24, 2.45) is 23.7 Å². The third-order valence-electron chi connectivity index (χ3n) is 6.36. The molecule has 0 amide bonds. The average Bonchev–Trinajstić information content (AvgIpc) is 2.48. The van der Waals surface area contributed by atoms with E-state index in [9.17, 15) is 8.78 Å². The summed E-state index contributed by atoms with van der Waals surface area (Å²) in [6.07, 6.45) is 13.9. The van der Waals surface area contributed by atoms with Gasteiger partial charge in [0.2, 0.25) is 0 Å². The highest BCUT2D eigenvalue weighted by molar-refractivity contribution is 4.91. The van der Waals surface area contributed by atoms with Gasteiger partial charge in [0.25, 0.3) is 5.92 Å². The molecule has 0 aromatic heterocycles. The van der Waals surface area contributed by atoms with Gasteiger partial charge in [-0.25, -0.2) is 8.78 Å². The number of alkyl halides is 2. The van der Waals surface area contributed by atoms with Crippen LogP contribution >= 0.6 is 0 Å². The average molecular weight is 315 g/mol. The second-order valence-electron chi connectivity index (χ2n) is 8.08. The van der Waals surface area contributed by atoms with E-state index in [4.69, 9.17) is 0 Å². The fourth-order valence-electron chi connectivity index (χ4n) is 5.06. The van der Waals surface area contributed by atoms with Gasteiger partial charge in [0, 0.05) is 12.3 Å². The number of rotatable bonds is 7. The summed E-state index contributed by atoms with van der Waals surface area (Å²) < 4.78 is 29.1. The van der Waals surface area contributed by atoms with Crippen LogP contribution in [-0.4, -0.2) is 5.92 Å². The Hall–Kier alpha value is -0.140. The van der Waals surface area contributed by atoms with Crippen LogP contribution in [0.25, 0.3) is 0 Å². The second kappa shape index (κ2) is 8.64. The molecule has 0 aromatic rings. The van der Waals surface area contributed by atoms with Crippen LogP contribution in [0, 0.1) is 23.7 Å². The molecule has 0 bridgehead atoms. The van der Waals surface area contributed by atoms with Gasteiger partial charge in [0.15, 0.2) is 0 Å². The summed E-state index contributed by atoms with van der Waals surface area (Å²) in [5.74, 6) is -1.29. The van der Waals surface area contributed by atoms with Gasteiger partial charge < -0.3 is 0 Å². The van der Waals surface area contributed by atoms with Gasteiger partial charge >= 0.3 is 0 Å². The third kappa shape index (κ3) is 4.93. The quantitative estimate of drug-likeness (QED) is 0.435. The van der Waals surface area contributed by atoms with Crippen molar-refractivity contribution in [2.75, 3.05) is 0 Å². The predicted molar refractivity (Wildman–Crippen MR) is 90.3 cm³/mol. The minimum atomic E-state index is -2.39. The lowest BCUT2D eigenvalue weighted by Gasteiger charge is -2.42. The Kier molecular flexibility index (Phi) is 7.15. The Balaban J connectivity index is 1.78. The number of hydrogen-bond acceptors (Lipinski definition) is 0. The van der Waals surface area contributed by atoms with Crippen molar-refractivity contribution in [2.45, 2.75) is 103 Å². The van der Waals surface area contributed by atoms with E-state index >= 15 is 0 Å². The van der Waals surface area contributed by atoms with Gasteiger partial charge in [-0.2, -0.15) is 0 Å². The maximum Gasteiger partial charge on any atom is 0.251 e. The summed E-state index contributed by atoms with van der Waals surface area (Å²) >= 11 is 0. The van der Waals surface area contributed by atoms with E-state index in [-0.39, 0.29) is 18.3 Å². The molecule has 0 aliphatic heterocycles. The van der Waals surface area contributed by atoms with E-state index in [1.54, 1.807) is 0 Å². The van der Waals surface area contributed by atoms with Crippen molar-refractivity contribution >= 4 is 0 Å². The molecular formula is C20H36F2. The minimum absolute atomic E-state index is 0.169. The van der Waals surface area contributed by atoms with Gasteiger partial charge in [0.1, 0.15) is 0 Å². The Bertz CT molecular complexity index is 305. The lowest BCUT2D eigenvalue weighted by atomic mass is 9.66. The molecule has 0 radical (unpaired) electrons. The van der Waals surface area contributed by atoms with Crippen molar-refractivity contribution in [3.63, 3.8) is 0 Å². The molecule has 2 rings (SSSR count). The van der Waals surface area contributed by atoms with Gasteiger partial charge in [-0.1, -0.05) is 65.2 Å². The summed E-state index contributed by atoms with van der Waals surface area (Å²) in [5.41, 5.74) is 0. The Labute approximate surface area is 136 Å². The van der Waals surface area contributed by atoms with Crippen LogP contribution in [0.2, 0.25) is 0 Å². The van der Waals surface area contributed by atoms with Crippen LogP contribution in [0.3, 0.4) is 0 Å². The summed E-state index contributed by atoms with van der Waals surface area (Å²) in [5, 5.41) is 0. The lowest BCUT2D eigenvalue weighted by Crippen LogP contribution is -2.41. The van der Waals surface area contributed by atoms with Crippen LogP contribution in [0.4, 0.5) is 8.78 Å². The largest absolute Gasteiger partial charge is 0.251 e. The molecule has 2 aliphatic carbocycles. The molecule has 2 fully saturated rings. The first-order valence-corrected chi connectivity index (χ1v) is 9.94. The molecule has 0 aromatic carbocycles. The van der Waals surface area contributed by atoms with Crippen LogP contribution in [0.1, 0.15) is 97.3 Å². The second-order valence-corrected chi connectivity index (χ2v) is 8.08. The molecule has 0 N–H and O–H groups in total. The molecule has 0 saturated heterocycles. The van der Waals surface area contributed by atoms with Crippen molar-refractivity contribution in [1.82, 2.24) is 0 Å². The molecule has 22 heavy (non-hydrogen) atoms. The van der Waals surface area contributed by atoms with E-state index in [0.29, 0.717) is 5.92 Å². The fraction of sp³-hybridized carbons (Fsp3) is 1.00. The fourth-order valence-corrected chi connectivity index (χ4v) is 5.06. The summed E-state index contributed by atoms with van der Waals surface area (Å²) in [4.78, 5) is 0. The maximum atomic E-state index is 14.6. The standard InChI is InChI=1S/C20H36F2/c1-3-5-6-8-16-9-12-18(13-10-16)19-14-11-17(7-4-2)15-20(19,21)22/h16-19H,3-15H2,1-2H3. The van der Waals surface area contributed by atoms with Gasteiger partial charge in [0.05, 0.1) is 0 Å². The number of halogens is 2. The summed E-state index contributed by atoms with van der Waals surface area (Å²) in [6.45, 7) is 4.36.